The average Bonchev–Trinajstić information content (AvgIpc) is 3.14. The summed E-state index contributed by atoms with van der Waals surface area (Å²) in [5.41, 5.74) is 0.522. The van der Waals surface area contributed by atoms with Crippen molar-refractivity contribution in [3.05, 3.63) is 46.0 Å². The highest BCUT2D eigenvalue weighted by Gasteiger charge is 2.21. The third-order valence-electron chi connectivity index (χ3n) is 3.36. The maximum Gasteiger partial charge on any atom is 0.295 e. The van der Waals surface area contributed by atoms with Gasteiger partial charge in [-0.3, -0.25) is 10.1 Å². The molecule has 1 aliphatic rings. The number of nitro groups is 1. The summed E-state index contributed by atoms with van der Waals surface area (Å²) in [6.45, 7) is 1.48. The summed E-state index contributed by atoms with van der Waals surface area (Å²) in [4.78, 5) is 10.4. The van der Waals surface area contributed by atoms with Gasteiger partial charge >= 0.3 is 0 Å². The van der Waals surface area contributed by atoms with Crippen molar-refractivity contribution in [2.24, 2.45) is 5.92 Å². The van der Waals surface area contributed by atoms with Crippen LogP contribution >= 0.6 is 0 Å². The summed E-state index contributed by atoms with van der Waals surface area (Å²) in [6.07, 6.45) is 4.09. The molecule has 7 nitrogen and oxygen atoms in total. The zero-order valence-electron chi connectivity index (χ0n) is 11.2. The van der Waals surface area contributed by atoms with Gasteiger partial charge in [0.05, 0.1) is 16.8 Å². The molecule has 0 atom stereocenters. The number of benzene rings is 1. The Hall–Kier alpha value is -2.35. The molecule has 2 aromatic rings. The summed E-state index contributed by atoms with van der Waals surface area (Å²) in [6, 6.07) is 3.25. The standard InChI is InChI=1S/C13H14FN5O2/c14-10-3-4-12(19(20)21)13(5-10)18-8-11(16-17-18)7-15-6-9-1-2-9/h3-5,8-9,15H,1-2,6-7H2. The van der Waals surface area contributed by atoms with Gasteiger partial charge in [0.15, 0.2) is 0 Å². The summed E-state index contributed by atoms with van der Waals surface area (Å²) in [7, 11) is 0. The first-order valence-electron chi connectivity index (χ1n) is 6.70. The van der Waals surface area contributed by atoms with E-state index in [2.05, 4.69) is 15.6 Å². The molecule has 8 heteroatoms. The minimum Gasteiger partial charge on any atom is -0.311 e. The van der Waals surface area contributed by atoms with Crippen molar-refractivity contribution in [1.29, 1.82) is 0 Å². The number of hydrogen-bond donors (Lipinski definition) is 1. The molecule has 0 aliphatic heterocycles. The lowest BCUT2D eigenvalue weighted by Gasteiger charge is -2.02. The number of nitrogens with one attached hydrogen (secondary N) is 1. The van der Waals surface area contributed by atoms with Gasteiger partial charge in [0.25, 0.3) is 5.69 Å². The lowest BCUT2D eigenvalue weighted by Crippen LogP contribution is -2.16. The third kappa shape index (κ3) is 3.22. The Balaban J connectivity index is 1.78. The Morgan fingerprint density at radius 3 is 3.00 bits per heavy atom. The lowest BCUT2D eigenvalue weighted by atomic mass is 10.2. The minimum atomic E-state index is -0.568. The van der Waals surface area contributed by atoms with Crippen molar-refractivity contribution in [3.63, 3.8) is 0 Å². The van der Waals surface area contributed by atoms with E-state index in [-0.39, 0.29) is 11.4 Å². The van der Waals surface area contributed by atoms with E-state index in [1.807, 2.05) is 0 Å². The van der Waals surface area contributed by atoms with Gasteiger partial charge in [-0.2, -0.15) is 0 Å². The van der Waals surface area contributed by atoms with Gasteiger partial charge in [0, 0.05) is 18.7 Å². The predicted molar refractivity (Wildman–Crippen MR) is 72.4 cm³/mol. The topological polar surface area (TPSA) is 85.9 Å². The first-order valence-corrected chi connectivity index (χ1v) is 6.70. The molecule has 1 aromatic carbocycles. The van der Waals surface area contributed by atoms with Crippen molar-refractivity contribution >= 4 is 5.69 Å². The normalized spacial score (nSPS) is 14.3. The molecule has 1 aliphatic carbocycles. The Bertz CT molecular complexity index is 668. The fourth-order valence-corrected chi connectivity index (χ4v) is 2.06. The second-order valence-electron chi connectivity index (χ2n) is 5.12. The van der Waals surface area contributed by atoms with E-state index < -0.39 is 10.7 Å². The Kier molecular flexibility index (Phi) is 3.61. The van der Waals surface area contributed by atoms with Crippen molar-refractivity contribution in [3.8, 4) is 5.69 Å². The van der Waals surface area contributed by atoms with Crippen LogP contribution in [0, 0.1) is 21.8 Å². The molecule has 1 saturated carbocycles. The number of hydrogen-bond acceptors (Lipinski definition) is 5. The summed E-state index contributed by atoms with van der Waals surface area (Å²) >= 11 is 0. The number of halogens is 1. The quantitative estimate of drug-likeness (QED) is 0.648. The smallest absolute Gasteiger partial charge is 0.295 e. The molecular weight excluding hydrogens is 277 g/mol. The molecule has 0 amide bonds. The van der Waals surface area contributed by atoms with E-state index in [9.17, 15) is 14.5 Å². The molecule has 21 heavy (non-hydrogen) atoms. The zero-order valence-corrected chi connectivity index (χ0v) is 11.2. The fraction of sp³-hybridized carbons (Fsp3) is 0.385. The van der Waals surface area contributed by atoms with Gasteiger partial charge in [0.1, 0.15) is 11.5 Å². The average molecular weight is 291 g/mol. The molecule has 0 bridgehead atoms. The van der Waals surface area contributed by atoms with Gasteiger partial charge < -0.3 is 5.32 Å². The minimum absolute atomic E-state index is 0.0703. The van der Waals surface area contributed by atoms with E-state index in [4.69, 9.17) is 0 Å². The van der Waals surface area contributed by atoms with E-state index >= 15 is 0 Å². The van der Waals surface area contributed by atoms with Crippen molar-refractivity contribution < 1.29 is 9.31 Å². The van der Waals surface area contributed by atoms with Crippen molar-refractivity contribution in [2.75, 3.05) is 6.54 Å². The molecule has 0 saturated heterocycles. The highest BCUT2D eigenvalue weighted by Crippen LogP contribution is 2.27. The van der Waals surface area contributed by atoms with Crippen LogP contribution in [0.3, 0.4) is 0 Å². The van der Waals surface area contributed by atoms with Crippen LogP contribution in [0.4, 0.5) is 10.1 Å². The highest BCUT2D eigenvalue weighted by molar-refractivity contribution is 5.51. The molecular formula is C13H14FN5O2. The molecule has 0 spiro atoms. The van der Waals surface area contributed by atoms with Crippen molar-refractivity contribution in [1.82, 2.24) is 20.3 Å². The van der Waals surface area contributed by atoms with Gasteiger partial charge in [-0.15, -0.1) is 5.10 Å². The highest BCUT2D eigenvalue weighted by atomic mass is 19.1. The van der Waals surface area contributed by atoms with Crippen LogP contribution in [0.25, 0.3) is 5.69 Å². The SMILES string of the molecule is O=[N+]([O-])c1ccc(F)cc1-n1cc(CNCC2CC2)nn1. The molecule has 110 valence electrons. The van der Waals surface area contributed by atoms with Crippen LogP contribution in [-0.2, 0) is 6.54 Å². The largest absolute Gasteiger partial charge is 0.311 e. The van der Waals surface area contributed by atoms with Crippen molar-refractivity contribution in [2.45, 2.75) is 19.4 Å². The maximum absolute atomic E-state index is 13.3. The number of nitro benzene ring substituents is 1. The van der Waals surface area contributed by atoms with Crippen LogP contribution in [-0.4, -0.2) is 26.5 Å². The van der Waals surface area contributed by atoms with E-state index in [0.717, 1.165) is 30.7 Å². The van der Waals surface area contributed by atoms with E-state index in [0.29, 0.717) is 12.2 Å². The molecule has 1 N–H and O–H groups in total. The Morgan fingerprint density at radius 1 is 1.48 bits per heavy atom. The third-order valence-corrected chi connectivity index (χ3v) is 3.36. The zero-order chi connectivity index (χ0) is 14.8. The molecule has 1 aromatic heterocycles. The monoisotopic (exact) mass is 291 g/mol. The summed E-state index contributed by atoms with van der Waals surface area (Å²) in [5, 5.41) is 22.0. The summed E-state index contributed by atoms with van der Waals surface area (Å²) in [5.74, 6) is 0.198. The Morgan fingerprint density at radius 2 is 2.29 bits per heavy atom. The number of aromatic nitrogens is 3. The fourth-order valence-electron chi connectivity index (χ4n) is 2.06. The van der Waals surface area contributed by atoms with E-state index in [1.165, 1.54) is 17.5 Å². The van der Waals surface area contributed by atoms with Crippen LogP contribution in [0.5, 0.6) is 0 Å². The maximum atomic E-state index is 13.3. The predicted octanol–water partition coefficient (Wildman–Crippen LogP) is 1.81. The van der Waals surface area contributed by atoms with Crippen LogP contribution < -0.4 is 5.32 Å². The van der Waals surface area contributed by atoms with Crippen LogP contribution in [0.1, 0.15) is 18.5 Å². The molecule has 1 heterocycles. The Labute approximate surface area is 119 Å². The van der Waals surface area contributed by atoms with Crippen LogP contribution in [0.15, 0.2) is 24.4 Å². The first kappa shape index (κ1) is 13.6. The van der Waals surface area contributed by atoms with E-state index in [1.54, 1.807) is 6.20 Å². The van der Waals surface area contributed by atoms with Gasteiger partial charge in [-0.25, -0.2) is 9.07 Å². The molecule has 1 fully saturated rings. The molecule has 0 unspecified atom stereocenters. The lowest BCUT2D eigenvalue weighted by molar-refractivity contribution is -0.384. The van der Waals surface area contributed by atoms with Gasteiger partial charge in [0.2, 0.25) is 0 Å². The summed E-state index contributed by atoms with van der Waals surface area (Å²) < 4.78 is 14.5. The second kappa shape index (κ2) is 5.57. The van der Waals surface area contributed by atoms with Gasteiger partial charge in [-0.1, -0.05) is 5.21 Å². The second-order valence-corrected chi connectivity index (χ2v) is 5.12. The number of rotatable bonds is 6. The molecule has 3 rings (SSSR count). The first-order chi connectivity index (χ1) is 10.1. The molecule has 0 radical (unpaired) electrons. The van der Waals surface area contributed by atoms with Gasteiger partial charge in [-0.05, 0) is 31.4 Å². The van der Waals surface area contributed by atoms with Crippen LogP contribution in [0.2, 0.25) is 0 Å². The number of nitrogens with zero attached hydrogens (tertiary/aromatic N) is 4.